The highest BCUT2D eigenvalue weighted by Crippen LogP contribution is 2.31. The molecule has 0 fully saturated rings. The molecule has 0 saturated carbocycles. The first-order valence-corrected chi connectivity index (χ1v) is 13.5. The standard InChI is InChI=1S/C28H23Cl2N3O3S/c1-20-7-14-25(30)17-27(20)33(37(35,36)26-5-3-2-4-6-26)19-22-8-12-23(13-9-22)28(34)32-31-18-21-10-15-24(29)16-11-21/h2-18H,19H2,1H3,(H,32,34)/b31-18+. The number of carbonyl (C=O) groups is 1. The van der Waals surface area contributed by atoms with Crippen molar-refractivity contribution < 1.29 is 13.2 Å². The van der Waals surface area contributed by atoms with Gasteiger partial charge in [-0.2, -0.15) is 5.10 Å². The number of amides is 1. The van der Waals surface area contributed by atoms with Crippen molar-refractivity contribution >= 4 is 51.0 Å². The molecular weight excluding hydrogens is 529 g/mol. The van der Waals surface area contributed by atoms with Gasteiger partial charge in [-0.25, -0.2) is 13.8 Å². The zero-order chi connectivity index (χ0) is 26.4. The van der Waals surface area contributed by atoms with Crippen LogP contribution in [0.3, 0.4) is 0 Å². The summed E-state index contributed by atoms with van der Waals surface area (Å²) in [6.07, 6.45) is 1.52. The number of rotatable bonds is 8. The molecule has 0 aliphatic rings. The van der Waals surface area contributed by atoms with Crippen LogP contribution in [0.1, 0.15) is 27.0 Å². The first-order chi connectivity index (χ1) is 17.7. The van der Waals surface area contributed by atoms with E-state index in [2.05, 4.69) is 10.5 Å². The molecule has 0 spiro atoms. The average Bonchev–Trinajstić information content (AvgIpc) is 2.90. The minimum absolute atomic E-state index is 0.0506. The number of hydrogen-bond donors (Lipinski definition) is 1. The molecule has 9 heteroatoms. The molecule has 4 aromatic rings. The van der Waals surface area contributed by atoms with Gasteiger partial charge in [-0.15, -0.1) is 0 Å². The topological polar surface area (TPSA) is 78.8 Å². The Morgan fingerprint density at radius 3 is 2.22 bits per heavy atom. The van der Waals surface area contributed by atoms with Gasteiger partial charge in [-0.1, -0.05) is 71.7 Å². The van der Waals surface area contributed by atoms with Crippen LogP contribution >= 0.6 is 23.2 Å². The summed E-state index contributed by atoms with van der Waals surface area (Å²) in [5.74, 6) is -0.392. The molecule has 0 bridgehead atoms. The van der Waals surface area contributed by atoms with E-state index < -0.39 is 15.9 Å². The Morgan fingerprint density at radius 2 is 1.54 bits per heavy atom. The molecule has 0 atom stereocenters. The minimum Gasteiger partial charge on any atom is -0.267 e. The normalized spacial score (nSPS) is 11.4. The fraction of sp³-hybridized carbons (Fsp3) is 0.0714. The van der Waals surface area contributed by atoms with E-state index >= 15 is 0 Å². The molecule has 4 aromatic carbocycles. The van der Waals surface area contributed by atoms with Gasteiger partial charge in [0.2, 0.25) is 0 Å². The van der Waals surface area contributed by atoms with Crippen molar-refractivity contribution in [3.8, 4) is 0 Å². The number of anilines is 1. The van der Waals surface area contributed by atoms with E-state index in [9.17, 15) is 13.2 Å². The van der Waals surface area contributed by atoms with Gasteiger partial charge in [0.15, 0.2) is 0 Å². The number of sulfonamides is 1. The fourth-order valence-corrected chi connectivity index (χ4v) is 5.40. The van der Waals surface area contributed by atoms with Crippen LogP contribution in [0.5, 0.6) is 0 Å². The van der Waals surface area contributed by atoms with Gasteiger partial charge in [-0.3, -0.25) is 9.10 Å². The van der Waals surface area contributed by atoms with Crippen LogP contribution in [-0.4, -0.2) is 20.5 Å². The third kappa shape index (κ3) is 6.57. The van der Waals surface area contributed by atoms with Crippen molar-refractivity contribution in [3.63, 3.8) is 0 Å². The first kappa shape index (κ1) is 26.4. The summed E-state index contributed by atoms with van der Waals surface area (Å²) in [6, 6.07) is 27.1. The van der Waals surface area contributed by atoms with Crippen molar-refractivity contribution in [3.05, 3.63) is 129 Å². The fourth-order valence-electron chi connectivity index (χ4n) is 3.58. The van der Waals surface area contributed by atoms with Crippen LogP contribution in [0.2, 0.25) is 10.0 Å². The largest absolute Gasteiger partial charge is 0.271 e. The van der Waals surface area contributed by atoms with Crippen LogP contribution in [0, 0.1) is 6.92 Å². The Kier molecular flexibility index (Phi) is 8.28. The van der Waals surface area contributed by atoms with Gasteiger partial charge in [0.1, 0.15) is 0 Å². The number of hydrazone groups is 1. The molecule has 0 aliphatic heterocycles. The van der Waals surface area contributed by atoms with E-state index in [4.69, 9.17) is 23.2 Å². The van der Waals surface area contributed by atoms with Crippen molar-refractivity contribution in [2.75, 3.05) is 4.31 Å². The highest BCUT2D eigenvalue weighted by molar-refractivity contribution is 7.92. The summed E-state index contributed by atoms with van der Waals surface area (Å²) >= 11 is 12.1. The number of nitrogens with zero attached hydrogens (tertiary/aromatic N) is 2. The Balaban J connectivity index is 1.55. The molecule has 1 N–H and O–H groups in total. The van der Waals surface area contributed by atoms with E-state index in [0.29, 0.717) is 26.9 Å². The summed E-state index contributed by atoms with van der Waals surface area (Å²) in [5, 5.41) is 5.02. The van der Waals surface area contributed by atoms with Crippen molar-refractivity contribution in [2.24, 2.45) is 5.10 Å². The highest BCUT2D eigenvalue weighted by Gasteiger charge is 2.26. The lowest BCUT2D eigenvalue weighted by molar-refractivity contribution is 0.0955. The van der Waals surface area contributed by atoms with Crippen molar-refractivity contribution in [1.29, 1.82) is 0 Å². The van der Waals surface area contributed by atoms with Gasteiger partial charge in [0, 0.05) is 15.6 Å². The lowest BCUT2D eigenvalue weighted by Crippen LogP contribution is -2.31. The van der Waals surface area contributed by atoms with Gasteiger partial charge >= 0.3 is 0 Å². The number of halogens is 2. The Bertz CT molecular complexity index is 1520. The van der Waals surface area contributed by atoms with E-state index in [1.165, 1.54) is 10.5 Å². The zero-order valence-corrected chi connectivity index (χ0v) is 22.1. The summed E-state index contributed by atoms with van der Waals surface area (Å²) in [5.41, 5.74) is 5.59. The van der Waals surface area contributed by atoms with Gasteiger partial charge in [-0.05, 0) is 72.1 Å². The quantitative estimate of drug-likeness (QED) is 0.201. The lowest BCUT2D eigenvalue weighted by atomic mass is 10.1. The Labute approximate surface area is 226 Å². The summed E-state index contributed by atoms with van der Waals surface area (Å²) in [7, 11) is -3.89. The molecule has 0 heterocycles. The van der Waals surface area contributed by atoms with E-state index in [1.54, 1.807) is 97.1 Å². The van der Waals surface area contributed by atoms with E-state index in [0.717, 1.165) is 11.1 Å². The molecule has 0 aromatic heterocycles. The number of hydrogen-bond acceptors (Lipinski definition) is 4. The minimum atomic E-state index is -3.89. The maximum Gasteiger partial charge on any atom is 0.271 e. The summed E-state index contributed by atoms with van der Waals surface area (Å²) in [6.45, 7) is 1.88. The monoisotopic (exact) mass is 551 g/mol. The predicted octanol–water partition coefficient (Wildman–Crippen LogP) is 6.46. The van der Waals surface area contributed by atoms with Crippen LogP contribution < -0.4 is 9.73 Å². The Morgan fingerprint density at radius 1 is 0.892 bits per heavy atom. The average molecular weight is 552 g/mol. The second-order valence-electron chi connectivity index (χ2n) is 8.20. The van der Waals surface area contributed by atoms with E-state index in [-0.39, 0.29) is 11.4 Å². The number of nitrogens with one attached hydrogen (secondary N) is 1. The third-order valence-electron chi connectivity index (χ3n) is 5.56. The summed E-state index contributed by atoms with van der Waals surface area (Å²) < 4.78 is 28.6. The second kappa shape index (κ2) is 11.6. The molecule has 4 rings (SSSR count). The highest BCUT2D eigenvalue weighted by atomic mass is 35.5. The SMILES string of the molecule is Cc1ccc(Cl)cc1N(Cc1ccc(C(=O)N/N=C/c2ccc(Cl)cc2)cc1)S(=O)(=O)c1ccccc1. The van der Waals surface area contributed by atoms with Gasteiger partial charge in [0.25, 0.3) is 15.9 Å². The molecule has 0 radical (unpaired) electrons. The smallest absolute Gasteiger partial charge is 0.267 e. The lowest BCUT2D eigenvalue weighted by Gasteiger charge is -2.26. The summed E-state index contributed by atoms with van der Waals surface area (Å²) in [4.78, 5) is 12.7. The molecule has 37 heavy (non-hydrogen) atoms. The Hall–Kier alpha value is -3.65. The maximum atomic E-state index is 13.6. The van der Waals surface area contributed by atoms with Crippen LogP contribution in [-0.2, 0) is 16.6 Å². The molecule has 1 amide bonds. The van der Waals surface area contributed by atoms with E-state index in [1.807, 2.05) is 6.92 Å². The van der Waals surface area contributed by atoms with Gasteiger partial charge in [0.05, 0.1) is 23.3 Å². The first-order valence-electron chi connectivity index (χ1n) is 11.3. The third-order valence-corrected chi connectivity index (χ3v) is 7.82. The number of carbonyl (C=O) groups excluding carboxylic acids is 1. The molecule has 0 saturated heterocycles. The van der Waals surface area contributed by atoms with Crippen molar-refractivity contribution in [2.45, 2.75) is 18.4 Å². The molecule has 188 valence electrons. The molecule has 6 nitrogen and oxygen atoms in total. The van der Waals surface area contributed by atoms with Crippen LogP contribution in [0.25, 0.3) is 0 Å². The molecular formula is C28H23Cl2N3O3S. The number of benzene rings is 4. The second-order valence-corrected chi connectivity index (χ2v) is 10.9. The van der Waals surface area contributed by atoms with Crippen molar-refractivity contribution in [1.82, 2.24) is 5.43 Å². The zero-order valence-electron chi connectivity index (χ0n) is 19.8. The molecule has 0 unspecified atom stereocenters. The predicted molar refractivity (Wildman–Crippen MR) is 149 cm³/mol. The number of aryl methyl sites for hydroxylation is 1. The van der Waals surface area contributed by atoms with Gasteiger partial charge < -0.3 is 0 Å². The van der Waals surface area contributed by atoms with Crippen LogP contribution in [0.4, 0.5) is 5.69 Å². The maximum absolute atomic E-state index is 13.6. The van der Waals surface area contributed by atoms with Crippen LogP contribution in [0.15, 0.2) is 107 Å². The molecule has 0 aliphatic carbocycles.